The number of hydrogen-bond donors (Lipinski definition) is 0. The number of thioether (sulfide) groups is 1. The number of ether oxygens (including phenoxy) is 2. The first-order valence-corrected chi connectivity index (χ1v) is 14.8. The number of carbonyl (C=O) groups is 1. The molecule has 1 saturated heterocycles. The van der Waals surface area contributed by atoms with Crippen molar-refractivity contribution >= 4 is 17.7 Å². The van der Waals surface area contributed by atoms with Crippen molar-refractivity contribution in [3.8, 4) is 5.75 Å². The van der Waals surface area contributed by atoms with Gasteiger partial charge >= 0.3 is 0 Å². The third-order valence-electron chi connectivity index (χ3n) is 8.10. The van der Waals surface area contributed by atoms with E-state index in [0.29, 0.717) is 18.7 Å². The van der Waals surface area contributed by atoms with E-state index in [-0.39, 0.29) is 35.3 Å². The fraction of sp³-hybridized carbons (Fsp3) is 0.250. The van der Waals surface area contributed by atoms with Gasteiger partial charge in [0.2, 0.25) is 5.43 Å². The molecule has 4 heterocycles. The lowest BCUT2D eigenvalue weighted by atomic mass is 9.93. The standard InChI is InChI=1S/C32H27F2N3O4S/c1-19(20-7-3-2-4-8-20)41-31-25(38)13-14-36-30(31)32(39)35-15-16-40-17-27(35)37(36)29-21-11-12-24(33)28(34)23(21)18-42-26-10-6-5-9-22(26)29/h2-14,19,27,29H,15-18H2,1H3/t19-,27-,29+/m1/s1. The maximum absolute atomic E-state index is 15.4. The van der Waals surface area contributed by atoms with Crippen molar-refractivity contribution in [3.63, 3.8) is 0 Å². The van der Waals surface area contributed by atoms with Gasteiger partial charge in [0.1, 0.15) is 12.3 Å². The Hall–Kier alpha value is -4.15. The molecule has 0 radical (unpaired) electrons. The van der Waals surface area contributed by atoms with E-state index >= 15 is 4.39 Å². The summed E-state index contributed by atoms with van der Waals surface area (Å²) in [6.07, 6.45) is 0.465. The fourth-order valence-electron chi connectivity index (χ4n) is 6.05. The molecule has 0 saturated carbocycles. The summed E-state index contributed by atoms with van der Waals surface area (Å²) in [7, 11) is 0. The molecule has 3 aliphatic heterocycles. The van der Waals surface area contributed by atoms with Gasteiger partial charge in [-0.05, 0) is 35.7 Å². The molecule has 0 spiro atoms. The number of aromatic nitrogens is 1. The monoisotopic (exact) mass is 587 g/mol. The van der Waals surface area contributed by atoms with Crippen LogP contribution in [-0.4, -0.2) is 41.4 Å². The highest BCUT2D eigenvalue weighted by molar-refractivity contribution is 7.98. The van der Waals surface area contributed by atoms with Gasteiger partial charge in [0.15, 0.2) is 23.1 Å². The fourth-order valence-corrected chi connectivity index (χ4v) is 7.17. The van der Waals surface area contributed by atoms with Gasteiger partial charge in [-0.3, -0.25) is 19.3 Å². The average molecular weight is 588 g/mol. The third-order valence-corrected chi connectivity index (χ3v) is 9.21. The molecular formula is C32H27F2N3O4S. The Morgan fingerprint density at radius 3 is 2.60 bits per heavy atom. The van der Waals surface area contributed by atoms with Crippen LogP contribution in [0.3, 0.4) is 0 Å². The van der Waals surface area contributed by atoms with Crippen molar-refractivity contribution in [3.05, 3.63) is 129 Å². The lowest BCUT2D eigenvalue weighted by molar-refractivity contribution is -0.0200. The Morgan fingerprint density at radius 2 is 1.76 bits per heavy atom. The minimum atomic E-state index is -0.912. The molecule has 0 N–H and O–H groups in total. The molecule has 0 unspecified atom stereocenters. The Balaban J connectivity index is 1.46. The second-order valence-corrected chi connectivity index (χ2v) is 11.5. The zero-order valence-electron chi connectivity index (χ0n) is 22.7. The molecule has 7 nitrogen and oxygen atoms in total. The molecule has 10 heteroatoms. The normalized spacial score (nSPS) is 20.1. The lowest BCUT2D eigenvalue weighted by Gasteiger charge is -2.51. The highest BCUT2D eigenvalue weighted by Gasteiger charge is 2.46. The van der Waals surface area contributed by atoms with Gasteiger partial charge in [0.05, 0.1) is 19.3 Å². The Bertz CT molecular complexity index is 1750. The molecule has 1 amide bonds. The summed E-state index contributed by atoms with van der Waals surface area (Å²) in [4.78, 5) is 30.0. The van der Waals surface area contributed by atoms with Crippen LogP contribution in [0.2, 0.25) is 0 Å². The molecule has 3 aromatic carbocycles. The number of morpholine rings is 1. The first-order chi connectivity index (χ1) is 20.4. The van der Waals surface area contributed by atoms with Gasteiger partial charge in [-0.25, -0.2) is 8.78 Å². The summed E-state index contributed by atoms with van der Waals surface area (Å²) >= 11 is 1.44. The molecule has 214 valence electrons. The van der Waals surface area contributed by atoms with Crippen LogP contribution in [0.5, 0.6) is 5.75 Å². The van der Waals surface area contributed by atoms with Gasteiger partial charge in [-0.1, -0.05) is 54.6 Å². The van der Waals surface area contributed by atoms with E-state index in [2.05, 4.69) is 0 Å². The van der Waals surface area contributed by atoms with E-state index in [4.69, 9.17) is 9.47 Å². The topological polar surface area (TPSA) is 64.0 Å². The van der Waals surface area contributed by atoms with Gasteiger partial charge in [0.25, 0.3) is 5.91 Å². The van der Waals surface area contributed by atoms with Gasteiger partial charge in [-0.15, -0.1) is 11.8 Å². The zero-order chi connectivity index (χ0) is 29.0. The number of hydrogen-bond acceptors (Lipinski definition) is 6. The van der Waals surface area contributed by atoms with E-state index in [1.54, 1.807) is 21.8 Å². The summed E-state index contributed by atoms with van der Waals surface area (Å²) < 4.78 is 43.7. The predicted octanol–water partition coefficient (Wildman–Crippen LogP) is 5.41. The number of benzene rings is 3. The summed E-state index contributed by atoms with van der Waals surface area (Å²) in [5.41, 5.74) is 2.23. The number of pyridine rings is 1. The van der Waals surface area contributed by atoms with E-state index in [1.807, 2.05) is 66.5 Å². The largest absolute Gasteiger partial charge is 0.480 e. The minimum Gasteiger partial charge on any atom is -0.480 e. The van der Waals surface area contributed by atoms with Crippen molar-refractivity contribution < 1.29 is 23.0 Å². The number of fused-ring (bicyclic) bond motifs is 4. The number of halogens is 2. The van der Waals surface area contributed by atoms with Gasteiger partial charge in [-0.2, -0.15) is 0 Å². The molecule has 7 rings (SSSR count). The van der Waals surface area contributed by atoms with Crippen LogP contribution in [0.25, 0.3) is 0 Å². The molecule has 1 fully saturated rings. The van der Waals surface area contributed by atoms with Gasteiger partial charge in [0, 0.05) is 35.0 Å². The molecule has 4 aromatic rings. The van der Waals surface area contributed by atoms with Crippen LogP contribution in [0, 0.1) is 11.6 Å². The number of carbonyl (C=O) groups excluding carboxylic acids is 1. The second kappa shape index (κ2) is 10.6. The molecule has 42 heavy (non-hydrogen) atoms. The van der Waals surface area contributed by atoms with Crippen molar-refractivity contribution in [2.45, 2.75) is 35.9 Å². The maximum Gasteiger partial charge on any atom is 0.278 e. The van der Waals surface area contributed by atoms with E-state index in [1.165, 1.54) is 17.8 Å². The highest BCUT2D eigenvalue weighted by atomic mass is 32.2. The van der Waals surface area contributed by atoms with Crippen LogP contribution in [0.1, 0.15) is 51.8 Å². The lowest BCUT2D eigenvalue weighted by Crippen LogP contribution is -2.66. The molecule has 0 aliphatic carbocycles. The zero-order valence-corrected chi connectivity index (χ0v) is 23.5. The van der Waals surface area contributed by atoms with Gasteiger partial charge < -0.3 is 14.4 Å². The summed E-state index contributed by atoms with van der Waals surface area (Å²) in [6.45, 7) is 2.65. The quantitative estimate of drug-likeness (QED) is 0.318. The van der Waals surface area contributed by atoms with Crippen LogP contribution >= 0.6 is 11.8 Å². The molecule has 1 aromatic heterocycles. The third kappa shape index (κ3) is 4.28. The Kier molecular flexibility index (Phi) is 6.74. The Labute approximate surface area is 245 Å². The first kappa shape index (κ1) is 26.7. The van der Waals surface area contributed by atoms with Crippen molar-refractivity contribution in [1.82, 2.24) is 9.58 Å². The highest BCUT2D eigenvalue weighted by Crippen LogP contribution is 2.45. The maximum atomic E-state index is 15.4. The SMILES string of the molecule is C[C@@H](Oc1c2n(ccc1=O)N([C@@H]1c3ccccc3SCc3c1ccc(F)c3F)[C@@H]1COCCN1C2=O)c1ccccc1. The number of rotatable bonds is 4. The van der Waals surface area contributed by atoms with Crippen molar-refractivity contribution in [2.75, 3.05) is 24.8 Å². The Morgan fingerprint density at radius 1 is 0.976 bits per heavy atom. The molecule has 3 aliphatic rings. The summed E-state index contributed by atoms with van der Waals surface area (Å²) in [5.74, 6) is -1.97. The smallest absolute Gasteiger partial charge is 0.278 e. The summed E-state index contributed by atoms with van der Waals surface area (Å²) in [6, 6.07) is 20.7. The van der Waals surface area contributed by atoms with E-state index < -0.39 is 35.4 Å². The molecule has 0 bridgehead atoms. The van der Waals surface area contributed by atoms with E-state index in [0.717, 1.165) is 22.1 Å². The van der Waals surface area contributed by atoms with Crippen LogP contribution in [0.4, 0.5) is 8.78 Å². The first-order valence-electron chi connectivity index (χ1n) is 13.8. The van der Waals surface area contributed by atoms with Crippen molar-refractivity contribution in [1.29, 1.82) is 0 Å². The molecular weight excluding hydrogens is 560 g/mol. The predicted molar refractivity (Wildman–Crippen MR) is 154 cm³/mol. The number of amides is 1. The van der Waals surface area contributed by atoms with Crippen LogP contribution < -0.4 is 15.2 Å². The minimum absolute atomic E-state index is 0.0596. The molecule has 3 atom stereocenters. The van der Waals surface area contributed by atoms with Crippen LogP contribution in [0.15, 0.2) is 88.7 Å². The van der Waals surface area contributed by atoms with Crippen molar-refractivity contribution in [2.24, 2.45) is 0 Å². The van der Waals surface area contributed by atoms with E-state index in [9.17, 15) is 14.0 Å². The summed E-state index contributed by atoms with van der Waals surface area (Å²) in [5, 5.41) is 1.94. The number of nitrogens with zero attached hydrogens (tertiary/aromatic N) is 3. The second-order valence-electron chi connectivity index (χ2n) is 10.5. The average Bonchev–Trinajstić information content (AvgIpc) is 3.18. The van der Waals surface area contributed by atoms with Crippen LogP contribution in [-0.2, 0) is 10.5 Å².